The smallest absolute Gasteiger partial charge is 0.111 e. The molecule has 1 rings (SSSR count). The van der Waals surface area contributed by atoms with Gasteiger partial charge in [-0.2, -0.15) is 0 Å². The van der Waals surface area contributed by atoms with Gasteiger partial charge < -0.3 is 4.22 Å². The van der Waals surface area contributed by atoms with E-state index < -0.39 is 0 Å². The van der Waals surface area contributed by atoms with Crippen LogP contribution in [0.15, 0.2) is 17.9 Å². The Hall–Kier alpha value is -0.373. The van der Waals surface area contributed by atoms with Crippen LogP contribution in [0.5, 0.6) is 0 Å². The Balaban J connectivity index is 3.05. The zero-order valence-electron chi connectivity index (χ0n) is 3.76. The summed E-state index contributed by atoms with van der Waals surface area (Å²) in [5.41, 5.74) is 2.21. The van der Waals surface area contributed by atoms with Crippen molar-refractivity contribution in [1.82, 2.24) is 4.22 Å². The van der Waals surface area contributed by atoms with Gasteiger partial charge in [0.25, 0.3) is 0 Å². The van der Waals surface area contributed by atoms with Crippen molar-refractivity contribution in [3.8, 4) is 0 Å². The molecule has 1 heterocycles. The number of aromatic nitrogens is 1. The van der Waals surface area contributed by atoms with Crippen LogP contribution in [0.2, 0.25) is 0 Å². The first kappa shape index (κ1) is 3.80. The molecule has 0 N–H and O–H groups in total. The van der Waals surface area contributed by atoms with Crippen molar-refractivity contribution in [3.05, 3.63) is 17.9 Å². The zero-order valence-corrected chi connectivity index (χ0v) is 4.91. The molecule has 0 fully saturated rings. The van der Waals surface area contributed by atoms with Crippen LogP contribution >= 0.6 is 0 Å². The molecule has 0 saturated heterocycles. The predicted octanol–water partition coefficient (Wildman–Crippen LogP) is 0.0955. The third kappa shape index (κ3) is 0.570. The van der Waals surface area contributed by atoms with E-state index in [0.29, 0.717) is 9.29 Å². The van der Waals surface area contributed by atoms with Gasteiger partial charge in [0.2, 0.25) is 0 Å². The average molecular weight is 97.2 g/mol. The van der Waals surface area contributed by atoms with E-state index in [0.717, 1.165) is 0 Å². The number of rotatable bonds is 0. The second-order valence-corrected chi connectivity index (χ2v) is 2.85. The normalized spacial score (nSPS) is 8.83. The quantitative estimate of drug-likeness (QED) is 0.404. The van der Waals surface area contributed by atoms with Gasteiger partial charge in [0.05, 0.1) is 0 Å². The summed E-state index contributed by atoms with van der Waals surface area (Å²) in [6.07, 6.45) is 2.09. The minimum absolute atomic E-state index is 0.472. The van der Waals surface area contributed by atoms with Gasteiger partial charge in [0, 0.05) is 7.05 Å². The lowest BCUT2D eigenvalue weighted by Crippen LogP contribution is -1.84. The van der Waals surface area contributed by atoms with Crippen molar-refractivity contribution >= 4 is 9.29 Å². The SMILES string of the molecule is Cn1ccc[siH]1. The van der Waals surface area contributed by atoms with Crippen molar-refractivity contribution in [1.29, 1.82) is 0 Å². The summed E-state index contributed by atoms with van der Waals surface area (Å²) in [6.45, 7) is 0. The maximum absolute atomic E-state index is 2.21. The highest BCUT2D eigenvalue weighted by molar-refractivity contribution is 6.21. The highest BCUT2D eigenvalue weighted by Crippen LogP contribution is 1.72. The number of hydrogen-bond donors (Lipinski definition) is 0. The van der Waals surface area contributed by atoms with Gasteiger partial charge in [-0.3, -0.25) is 0 Å². The Bertz CT molecular complexity index is 111. The molecule has 1 nitrogen and oxygen atoms in total. The van der Waals surface area contributed by atoms with Crippen LogP contribution in [-0.4, -0.2) is 13.5 Å². The Morgan fingerprint density at radius 1 is 1.67 bits per heavy atom. The third-order valence-corrected chi connectivity index (χ3v) is 1.79. The third-order valence-electron chi connectivity index (χ3n) is 0.754. The lowest BCUT2D eigenvalue weighted by atomic mass is 10.8. The average Bonchev–Trinajstić information content (AvgIpc) is 1.86. The molecule has 32 valence electrons. The lowest BCUT2D eigenvalue weighted by molar-refractivity contribution is 1.02. The lowest BCUT2D eigenvalue weighted by Gasteiger charge is -1.79. The predicted molar refractivity (Wildman–Crippen MR) is 28.2 cm³/mol. The van der Waals surface area contributed by atoms with Gasteiger partial charge in [0.15, 0.2) is 0 Å². The summed E-state index contributed by atoms with van der Waals surface area (Å²) in [5.74, 6) is 0. The van der Waals surface area contributed by atoms with Gasteiger partial charge >= 0.3 is 0 Å². The van der Waals surface area contributed by atoms with E-state index in [9.17, 15) is 0 Å². The summed E-state index contributed by atoms with van der Waals surface area (Å²) in [4.78, 5) is 0. The molecule has 0 spiro atoms. The van der Waals surface area contributed by atoms with Crippen LogP contribution in [0.25, 0.3) is 0 Å². The largest absolute Gasteiger partial charge is 0.389 e. The van der Waals surface area contributed by atoms with Gasteiger partial charge in [-0.15, -0.1) is 0 Å². The van der Waals surface area contributed by atoms with E-state index in [4.69, 9.17) is 0 Å². The first-order valence-corrected chi connectivity index (χ1v) is 3.15. The molecule has 0 atom stereocenters. The second kappa shape index (κ2) is 1.39. The summed E-state index contributed by atoms with van der Waals surface area (Å²) in [5, 5.41) is 0. The fourth-order valence-corrected chi connectivity index (χ4v) is 1.09. The standard InChI is InChI=1S/C4H7NSi/c1-5-3-2-4-6-5/h2-4,6H,1H3. The fourth-order valence-electron chi connectivity index (χ4n) is 0.421. The number of nitrogens with zero attached hydrogens (tertiary/aromatic N) is 1. The van der Waals surface area contributed by atoms with Gasteiger partial charge in [-0.1, -0.05) is 5.68 Å². The Morgan fingerprint density at radius 3 is 2.67 bits per heavy atom. The molecule has 0 unspecified atom stereocenters. The van der Waals surface area contributed by atoms with Gasteiger partial charge in [0.1, 0.15) is 9.29 Å². The summed E-state index contributed by atoms with van der Waals surface area (Å²) in [7, 11) is 2.56. The molecule has 0 saturated carbocycles. The van der Waals surface area contributed by atoms with Gasteiger partial charge in [-0.25, -0.2) is 0 Å². The van der Waals surface area contributed by atoms with Crippen LogP contribution in [0.1, 0.15) is 0 Å². The molecular formula is C4H7NSi. The Kier molecular flexibility index (Phi) is 0.879. The highest BCUT2D eigenvalue weighted by atomic mass is 28.2. The van der Waals surface area contributed by atoms with Crippen LogP contribution < -0.4 is 0 Å². The summed E-state index contributed by atoms with van der Waals surface area (Å²) in [6, 6.07) is 2.09. The monoisotopic (exact) mass is 97.0 g/mol. The van der Waals surface area contributed by atoms with Crippen molar-refractivity contribution in [3.63, 3.8) is 0 Å². The maximum atomic E-state index is 2.21. The maximum Gasteiger partial charge on any atom is 0.111 e. The number of aryl methyl sites for hydroxylation is 1. The molecule has 0 bridgehead atoms. The Morgan fingerprint density at radius 2 is 2.50 bits per heavy atom. The summed E-state index contributed by atoms with van der Waals surface area (Å²) < 4.78 is 2.21. The van der Waals surface area contributed by atoms with Crippen molar-refractivity contribution in [2.45, 2.75) is 0 Å². The van der Waals surface area contributed by atoms with Crippen LogP contribution in [0, 0.1) is 0 Å². The molecule has 2 heteroatoms. The zero-order chi connectivity index (χ0) is 4.41. The van der Waals surface area contributed by atoms with E-state index in [1.165, 1.54) is 0 Å². The highest BCUT2D eigenvalue weighted by Gasteiger charge is 1.68. The Labute approximate surface area is 39.4 Å². The first-order chi connectivity index (χ1) is 2.89. The molecular weight excluding hydrogens is 90.1 g/mol. The molecule has 0 amide bonds. The van der Waals surface area contributed by atoms with Crippen molar-refractivity contribution in [2.75, 3.05) is 0 Å². The van der Waals surface area contributed by atoms with Crippen molar-refractivity contribution < 1.29 is 0 Å². The van der Waals surface area contributed by atoms with Crippen LogP contribution in [0.4, 0.5) is 0 Å². The molecule has 0 aliphatic carbocycles. The van der Waals surface area contributed by atoms with E-state index in [1.807, 2.05) is 0 Å². The molecule has 0 aromatic carbocycles. The molecule has 1 aromatic rings. The number of hydrogen-bond acceptors (Lipinski definition) is 0. The second-order valence-electron chi connectivity index (χ2n) is 1.35. The van der Waals surface area contributed by atoms with Gasteiger partial charge in [-0.05, 0) is 12.3 Å². The minimum Gasteiger partial charge on any atom is -0.389 e. The van der Waals surface area contributed by atoms with Crippen LogP contribution in [0.3, 0.4) is 0 Å². The first-order valence-electron chi connectivity index (χ1n) is 1.96. The summed E-state index contributed by atoms with van der Waals surface area (Å²) >= 11 is 0. The molecule has 0 aliphatic heterocycles. The molecule has 0 aliphatic rings. The van der Waals surface area contributed by atoms with E-state index in [2.05, 4.69) is 29.2 Å². The topological polar surface area (TPSA) is 4.93 Å². The molecule has 0 radical (unpaired) electrons. The fraction of sp³-hybridized carbons (Fsp3) is 0.250. The van der Waals surface area contributed by atoms with Crippen molar-refractivity contribution in [2.24, 2.45) is 7.05 Å². The van der Waals surface area contributed by atoms with E-state index in [-0.39, 0.29) is 0 Å². The van der Waals surface area contributed by atoms with E-state index in [1.54, 1.807) is 0 Å². The van der Waals surface area contributed by atoms with Crippen LogP contribution in [-0.2, 0) is 7.05 Å². The minimum atomic E-state index is 0.472. The molecule has 6 heavy (non-hydrogen) atoms. The van der Waals surface area contributed by atoms with E-state index >= 15 is 0 Å². The molecule has 1 aromatic heterocycles.